The van der Waals surface area contributed by atoms with Crippen LogP contribution in [0.4, 0.5) is 13.2 Å². The Morgan fingerprint density at radius 1 is 1.18 bits per heavy atom. The molecule has 8 heteroatoms. The fourth-order valence-corrected chi connectivity index (χ4v) is 1.58. The summed E-state index contributed by atoms with van der Waals surface area (Å²) in [5, 5.41) is 2.64. The Hall–Kier alpha value is -2.64. The monoisotopic (exact) mass is 311 g/mol. The average Bonchev–Trinajstić information content (AvgIpc) is 2.51. The van der Waals surface area contributed by atoms with Gasteiger partial charge in [-0.25, -0.2) is 4.98 Å². The summed E-state index contributed by atoms with van der Waals surface area (Å²) in [6.07, 6.45) is -0.123. The van der Waals surface area contributed by atoms with Crippen molar-refractivity contribution in [2.45, 2.75) is 12.7 Å². The van der Waals surface area contributed by atoms with Gasteiger partial charge >= 0.3 is 6.18 Å². The molecule has 1 amide bonds. The second-order valence-electron chi connectivity index (χ2n) is 4.32. The smallest absolute Gasteiger partial charge is 0.422 e. The van der Waals surface area contributed by atoms with Gasteiger partial charge in [0.15, 0.2) is 6.61 Å². The molecule has 0 atom stereocenters. The fourth-order valence-electron chi connectivity index (χ4n) is 1.58. The van der Waals surface area contributed by atoms with Crippen LogP contribution in [0.25, 0.3) is 0 Å². The third-order valence-electron chi connectivity index (χ3n) is 2.58. The molecule has 0 unspecified atom stereocenters. The van der Waals surface area contributed by atoms with E-state index in [1.54, 1.807) is 18.2 Å². The Balaban J connectivity index is 1.92. The number of hydrogen-bond acceptors (Lipinski definition) is 4. The number of rotatable bonds is 5. The summed E-state index contributed by atoms with van der Waals surface area (Å²) < 4.78 is 40.8. The molecule has 1 N–H and O–H groups in total. The lowest BCUT2D eigenvalue weighted by Crippen LogP contribution is -2.23. The van der Waals surface area contributed by atoms with Crippen LogP contribution in [0.1, 0.15) is 15.9 Å². The lowest BCUT2D eigenvalue weighted by atomic mass is 10.2. The van der Waals surface area contributed by atoms with E-state index in [1.165, 1.54) is 24.7 Å². The second kappa shape index (κ2) is 6.88. The molecule has 116 valence electrons. The van der Waals surface area contributed by atoms with Crippen molar-refractivity contribution < 1.29 is 22.7 Å². The molecule has 0 bridgehead atoms. The van der Waals surface area contributed by atoms with Crippen LogP contribution >= 0.6 is 0 Å². The Morgan fingerprint density at radius 3 is 2.59 bits per heavy atom. The van der Waals surface area contributed by atoms with E-state index in [0.29, 0.717) is 11.1 Å². The number of nitrogens with zero attached hydrogens (tertiary/aromatic N) is 2. The predicted molar refractivity (Wildman–Crippen MR) is 71.2 cm³/mol. The molecule has 0 aliphatic heterocycles. The predicted octanol–water partition coefficient (Wildman–Crippen LogP) is 2.35. The first-order chi connectivity index (χ1) is 10.4. The van der Waals surface area contributed by atoms with Crippen molar-refractivity contribution in [2.24, 2.45) is 0 Å². The molecule has 0 radical (unpaired) electrons. The Kier molecular flexibility index (Phi) is 4.92. The van der Waals surface area contributed by atoms with E-state index < -0.39 is 12.8 Å². The van der Waals surface area contributed by atoms with Gasteiger partial charge in [0.1, 0.15) is 0 Å². The number of halogens is 3. The standard InChI is InChI=1S/C14H12F3N3O2/c15-14(16,17)9-22-12-7-10(1-6-19-12)8-20-13(21)11-2-4-18-5-3-11/h1-7H,8-9H2,(H,20,21). The van der Waals surface area contributed by atoms with Gasteiger partial charge in [0.05, 0.1) is 0 Å². The quantitative estimate of drug-likeness (QED) is 0.920. The van der Waals surface area contributed by atoms with Gasteiger partial charge in [-0.15, -0.1) is 0 Å². The van der Waals surface area contributed by atoms with Gasteiger partial charge in [-0.2, -0.15) is 13.2 Å². The summed E-state index contributed by atoms with van der Waals surface area (Å²) in [5.74, 6) is -0.454. The van der Waals surface area contributed by atoms with Gasteiger partial charge in [0.2, 0.25) is 5.88 Å². The minimum Gasteiger partial charge on any atom is -0.468 e. The third kappa shape index (κ3) is 5.04. The number of nitrogens with one attached hydrogen (secondary N) is 1. The van der Waals surface area contributed by atoms with E-state index in [4.69, 9.17) is 0 Å². The van der Waals surface area contributed by atoms with Gasteiger partial charge < -0.3 is 10.1 Å². The zero-order valence-electron chi connectivity index (χ0n) is 11.3. The lowest BCUT2D eigenvalue weighted by Gasteiger charge is -2.10. The van der Waals surface area contributed by atoms with Gasteiger partial charge in [0, 0.05) is 36.8 Å². The topological polar surface area (TPSA) is 64.1 Å². The highest BCUT2D eigenvalue weighted by Crippen LogP contribution is 2.17. The summed E-state index contributed by atoms with van der Waals surface area (Å²) in [6, 6.07) is 6.03. The molecule has 5 nitrogen and oxygen atoms in total. The summed E-state index contributed by atoms with van der Waals surface area (Å²) >= 11 is 0. The summed E-state index contributed by atoms with van der Waals surface area (Å²) in [7, 11) is 0. The van der Waals surface area contributed by atoms with Gasteiger partial charge in [-0.1, -0.05) is 0 Å². The van der Waals surface area contributed by atoms with Crippen LogP contribution in [-0.2, 0) is 6.54 Å². The zero-order chi connectivity index (χ0) is 16.0. The maximum Gasteiger partial charge on any atom is 0.422 e. The first kappa shape index (κ1) is 15.7. The number of alkyl halides is 3. The van der Waals surface area contributed by atoms with Crippen LogP contribution in [0.15, 0.2) is 42.9 Å². The first-order valence-electron chi connectivity index (χ1n) is 6.27. The van der Waals surface area contributed by atoms with E-state index >= 15 is 0 Å². The molecule has 0 spiro atoms. The van der Waals surface area contributed by atoms with Crippen LogP contribution in [0.2, 0.25) is 0 Å². The van der Waals surface area contributed by atoms with E-state index in [9.17, 15) is 18.0 Å². The highest BCUT2D eigenvalue weighted by molar-refractivity contribution is 5.93. The van der Waals surface area contributed by atoms with Crippen LogP contribution in [0.5, 0.6) is 5.88 Å². The number of carbonyl (C=O) groups excluding carboxylic acids is 1. The number of hydrogen-bond donors (Lipinski definition) is 1. The number of aromatic nitrogens is 2. The van der Waals surface area contributed by atoms with Crippen LogP contribution in [-0.4, -0.2) is 28.7 Å². The molecule has 0 saturated carbocycles. The van der Waals surface area contributed by atoms with Crippen LogP contribution < -0.4 is 10.1 Å². The summed E-state index contributed by atoms with van der Waals surface area (Å²) in [4.78, 5) is 19.3. The normalized spacial score (nSPS) is 11.0. The van der Waals surface area contributed by atoms with Crippen molar-refractivity contribution in [3.63, 3.8) is 0 Å². The SMILES string of the molecule is O=C(NCc1ccnc(OCC(F)(F)F)c1)c1ccncc1. The van der Waals surface area contributed by atoms with E-state index in [1.807, 2.05) is 0 Å². The minimum absolute atomic E-state index is 0.145. The fraction of sp³-hybridized carbons (Fsp3) is 0.214. The van der Waals surface area contributed by atoms with Crippen molar-refractivity contribution in [3.8, 4) is 5.88 Å². The Bertz CT molecular complexity index is 633. The van der Waals surface area contributed by atoms with Gasteiger partial charge in [-0.3, -0.25) is 9.78 Å². The number of ether oxygens (including phenoxy) is 1. The minimum atomic E-state index is -4.42. The molecule has 2 rings (SSSR count). The van der Waals surface area contributed by atoms with Gasteiger partial charge in [-0.05, 0) is 23.8 Å². The Morgan fingerprint density at radius 2 is 1.91 bits per heavy atom. The molecule has 2 aromatic heterocycles. The highest BCUT2D eigenvalue weighted by Gasteiger charge is 2.28. The van der Waals surface area contributed by atoms with Crippen molar-refractivity contribution in [2.75, 3.05) is 6.61 Å². The molecule has 0 aliphatic carbocycles. The number of carbonyl (C=O) groups is 1. The Labute approximate surface area is 124 Å². The van der Waals surface area contributed by atoms with E-state index in [0.717, 1.165) is 0 Å². The molecule has 0 aliphatic rings. The third-order valence-corrected chi connectivity index (χ3v) is 2.58. The number of pyridine rings is 2. The summed E-state index contributed by atoms with van der Waals surface area (Å²) in [5.41, 5.74) is 1.02. The van der Waals surface area contributed by atoms with Crippen molar-refractivity contribution in [1.82, 2.24) is 15.3 Å². The average molecular weight is 311 g/mol. The maximum absolute atomic E-state index is 12.1. The molecule has 0 fully saturated rings. The highest BCUT2D eigenvalue weighted by atomic mass is 19.4. The van der Waals surface area contributed by atoms with Crippen molar-refractivity contribution in [1.29, 1.82) is 0 Å². The maximum atomic E-state index is 12.1. The largest absolute Gasteiger partial charge is 0.468 e. The molecular weight excluding hydrogens is 299 g/mol. The van der Waals surface area contributed by atoms with Crippen molar-refractivity contribution in [3.05, 3.63) is 54.0 Å². The molecular formula is C14H12F3N3O2. The second-order valence-corrected chi connectivity index (χ2v) is 4.32. The van der Waals surface area contributed by atoms with E-state index in [-0.39, 0.29) is 18.3 Å². The number of amides is 1. The van der Waals surface area contributed by atoms with Gasteiger partial charge in [0.25, 0.3) is 5.91 Å². The van der Waals surface area contributed by atoms with E-state index in [2.05, 4.69) is 20.0 Å². The lowest BCUT2D eigenvalue weighted by molar-refractivity contribution is -0.154. The molecule has 0 saturated heterocycles. The first-order valence-corrected chi connectivity index (χ1v) is 6.27. The van der Waals surface area contributed by atoms with Crippen LogP contribution in [0.3, 0.4) is 0 Å². The molecule has 2 heterocycles. The van der Waals surface area contributed by atoms with Crippen molar-refractivity contribution >= 4 is 5.91 Å². The van der Waals surface area contributed by atoms with Crippen LogP contribution in [0, 0.1) is 0 Å². The molecule has 0 aromatic carbocycles. The zero-order valence-corrected chi connectivity index (χ0v) is 11.3. The molecule has 2 aromatic rings. The summed E-state index contributed by atoms with van der Waals surface area (Å²) in [6.45, 7) is -1.26. The molecule has 22 heavy (non-hydrogen) atoms.